The van der Waals surface area contributed by atoms with Gasteiger partial charge in [0.25, 0.3) is 0 Å². The van der Waals surface area contributed by atoms with Crippen LogP contribution in [0.5, 0.6) is 0 Å². The van der Waals surface area contributed by atoms with E-state index >= 15 is 0 Å². The van der Waals surface area contributed by atoms with Crippen molar-refractivity contribution in [2.45, 2.75) is 5.41 Å². The largest absolute Gasteiger partial charge is 0.436 e. The monoisotopic (exact) mass is 754 g/mol. The maximum absolute atomic E-state index is 6.31. The van der Waals surface area contributed by atoms with Crippen molar-refractivity contribution in [1.82, 2.24) is 9.97 Å². The molecule has 12 rings (SSSR count). The van der Waals surface area contributed by atoms with Gasteiger partial charge >= 0.3 is 0 Å². The molecule has 1 aliphatic rings. The summed E-state index contributed by atoms with van der Waals surface area (Å²) < 4.78 is 12.6. The van der Waals surface area contributed by atoms with E-state index in [-0.39, 0.29) is 0 Å². The Morgan fingerprint density at radius 3 is 1.51 bits per heavy atom. The van der Waals surface area contributed by atoms with Gasteiger partial charge < -0.3 is 8.83 Å². The van der Waals surface area contributed by atoms with E-state index in [0.717, 1.165) is 55.6 Å². The second-order valence-electron chi connectivity index (χ2n) is 15.3. The summed E-state index contributed by atoms with van der Waals surface area (Å²) in [6.07, 6.45) is 0. The molecule has 0 N–H and O–H groups in total. The van der Waals surface area contributed by atoms with Gasteiger partial charge in [-0.25, -0.2) is 9.97 Å². The van der Waals surface area contributed by atoms with E-state index in [1.54, 1.807) is 0 Å². The average molecular weight is 755 g/mol. The SMILES string of the molecule is c1ccc(C2(c3ccccc3)c3ccc(-c4cccc(-c5cc(-c6nc7ccccc7o6)cc(-c6nc7ccccc7o6)c5)c4)cc3-c3c2ccc2ccccc32)cc1. The van der Waals surface area contributed by atoms with Gasteiger partial charge in [0.1, 0.15) is 11.0 Å². The Morgan fingerprint density at radius 2 is 0.864 bits per heavy atom. The van der Waals surface area contributed by atoms with Crippen molar-refractivity contribution in [3.05, 3.63) is 229 Å². The summed E-state index contributed by atoms with van der Waals surface area (Å²) >= 11 is 0. The van der Waals surface area contributed by atoms with Crippen LogP contribution >= 0.6 is 0 Å². The number of nitrogens with zero attached hydrogens (tertiary/aromatic N) is 2. The van der Waals surface area contributed by atoms with E-state index in [9.17, 15) is 0 Å². The summed E-state index contributed by atoms with van der Waals surface area (Å²) in [6.45, 7) is 0. The molecule has 0 atom stereocenters. The summed E-state index contributed by atoms with van der Waals surface area (Å²) in [5, 5.41) is 2.49. The lowest BCUT2D eigenvalue weighted by Gasteiger charge is -2.34. The van der Waals surface area contributed by atoms with Crippen molar-refractivity contribution >= 4 is 33.0 Å². The lowest BCUT2D eigenvalue weighted by atomic mass is 9.67. The molecule has 2 heterocycles. The van der Waals surface area contributed by atoms with Gasteiger partial charge in [0, 0.05) is 11.1 Å². The number of oxazole rings is 2. The second kappa shape index (κ2) is 13.1. The molecule has 4 heteroatoms. The van der Waals surface area contributed by atoms with Gasteiger partial charge in [-0.3, -0.25) is 0 Å². The Bertz CT molecular complexity index is 3200. The Kier molecular flexibility index (Phi) is 7.41. The average Bonchev–Trinajstić information content (AvgIpc) is 4.03. The molecule has 276 valence electrons. The lowest BCUT2D eigenvalue weighted by molar-refractivity contribution is 0.617. The zero-order valence-electron chi connectivity index (χ0n) is 31.8. The highest BCUT2D eigenvalue weighted by molar-refractivity contribution is 6.05. The second-order valence-corrected chi connectivity index (χ2v) is 15.3. The molecule has 0 spiro atoms. The van der Waals surface area contributed by atoms with Crippen molar-refractivity contribution in [1.29, 1.82) is 0 Å². The number of benzene rings is 9. The molecule has 0 radical (unpaired) electrons. The maximum atomic E-state index is 6.31. The van der Waals surface area contributed by atoms with E-state index in [2.05, 4.69) is 158 Å². The third kappa shape index (κ3) is 5.23. The van der Waals surface area contributed by atoms with Crippen molar-refractivity contribution < 1.29 is 8.83 Å². The smallest absolute Gasteiger partial charge is 0.227 e. The first kappa shape index (κ1) is 33.3. The topological polar surface area (TPSA) is 52.1 Å². The van der Waals surface area contributed by atoms with Crippen molar-refractivity contribution in [2.24, 2.45) is 0 Å². The molecule has 59 heavy (non-hydrogen) atoms. The van der Waals surface area contributed by atoms with Gasteiger partial charge in [-0.2, -0.15) is 0 Å². The molecule has 0 saturated heterocycles. The predicted molar refractivity (Wildman–Crippen MR) is 238 cm³/mol. The van der Waals surface area contributed by atoms with Crippen LogP contribution in [0.15, 0.2) is 215 Å². The van der Waals surface area contributed by atoms with E-state index in [4.69, 9.17) is 18.8 Å². The first-order valence-electron chi connectivity index (χ1n) is 20.0. The van der Waals surface area contributed by atoms with Gasteiger partial charge in [0.05, 0.1) is 5.41 Å². The van der Waals surface area contributed by atoms with Crippen LogP contribution in [0.4, 0.5) is 0 Å². The minimum atomic E-state index is -0.482. The molecule has 0 unspecified atom stereocenters. The Labute approximate surface area is 340 Å². The normalized spacial score (nSPS) is 12.9. The van der Waals surface area contributed by atoms with Crippen LogP contribution in [0, 0.1) is 0 Å². The highest BCUT2D eigenvalue weighted by atomic mass is 16.4. The summed E-state index contributed by atoms with van der Waals surface area (Å²) in [6, 6.07) is 73.3. The zero-order chi connectivity index (χ0) is 38.9. The summed E-state index contributed by atoms with van der Waals surface area (Å²) in [5.41, 5.74) is 16.3. The number of aromatic nitrogens is 2. The van der Waals surface area contributed by atoms with Crippen LogP contribution in [0.2, 0.25) is 0 Å². The van der Waals surface area contributed by atoms with Crippen molar-refractivity contribution in [2.75, 3.05) is 0 Å². The molecule has 0 aliphatic heterocycles. The molecule has 1 aliphatic carbocycles. The van der Waals surface area contributed by atoms with Crippen LogP contribution in [0.25, 0.3) is 89.3 Å². The number of hydrogen-bond donors (Lipinski definition) is 0. The molecular weight excluding hydrogens is 721 g/mol. The van der Waals surface area contributed by atoms with Crippen LogP contribution in [-0.4, -0.2) is 9.97 Å². The standard InChI is InChI=1S/C55H34N2O2/c1-3-17-42(18-4-1)55(43-19-5-2-6-20-43)46-28-27-38(34-45(46)52-44-21-8-7-14-35(44)26-29-47(52)55)36-15-13-16-37(30-36)39-31-40(53-56-48-22-9-11-24-50(48)58-53)33-41(32-39)54-57-49-23-10-12-25-51(49)59-54/h1-34H. The summed E-state index contributed by atoms with van der Waals surface area (Å²) in [7, 11) is 0. The first-order valence-corrected chi connectivity index (χ1v) is 20.0. The van der Waals surface area contributed by atoms with Crippen LogP contribution in [-0.2, 0) is 5.41 Å². The lowest BCUT2D eigenvalue weighted by Crippen LogP contribution is -2.28. The van der Waals surface area contributed by atoms with Crippen LogP contribution in [0.3, 0.4) is 0 Å². The zero-order valence-corrected chi connectivity index (χ0v) is 31.8. The number of para-hydroxylation sites is 4. The molecule has 0 amide bonds. The summed E-state index contributed by atoms with van der Waals surface area (Å²) in [5.74, 6) is 1.10. The number of fused-ring (bicyclic) bond motifs is 7. The first-order chi connectivity index (χ1) is 29.2. The van der Waals surface area contributed by atoms with E-state index in [0.29, 0.717) is 11.8 Å². The number of hydrogen-bond acceptors (Lipinski definition) is 4. The van der Waals surface area contributed by atoms with Gasteiger partial charge in [-0.1, -0.05) is 152 Å². The Hall–Kier alpha value is -7.82. The fourth-order valence-corrected chi connectivity index (χ4v) is 9.35. The van der Waals surface area contributed by atoms with Crippen LogP contribution in [0.1, 0.15) is 22.3 Å². The third-order valence-corrected chi connectivity index (χ3v) is 12.0. The fraction of sp³-hybridized carbons (Fsp3) is 0.0182. The minimum absolute atomic E-state index is 0.482. The van der Waals surface area contributed by atoms with E-state index in [1.807, 2.05) is 48.5 Å². The molecule has 0 bridgehead atoms. The fourth-order valence-electron chi connectivity index (χ4n) is 9.35. The minimum Gasteiger partial charge on any atom is -0.436 e. The molecular formula is C55H34N2O2. The van der Waals surface area contributed by atoms with Crippen molar-refractivity contribution in [3.63, 3.8) is 0 Å². The van der Waals surface area contributed by atoms with E-state index < -0.39 is 5.41 Å². The highest BCUT2D eigenvalue weighted by Crippen LogP contribution is 2.58. The van der Waals surface area contributed by atoms with Gasteiger partial charge in [-0.15, -0.1) is 0 Å². The third-order valence-electron chi connectivity index (χ3n) is 12.0. The highest BCUT2D eigenvalue weighted by Gasteiger charge is 2.46. The molecule has 2 aromatic heterocycles. The molecule has 11 aromatic rings. The molecule has 0 fully saturated rings. The maximum Gasteiger partial charge on any atom is 0.227 e. The van der Waals surface area contributed by atoms with E-state index in [1.165, 1.54) is 44.2 Å². The summed E-state index contributed by atoms with van der Waals surface area (Å²) in [4.78, 5) is 9.74. The Balaban J connectivity index is 1.04. The predicted octanol–water partition coefficient (Wildman–Crippen LogP) is 14.2. The Morgan fingerprint density at radius 1 is 0.356 bits per heavy atom. The molecule has 4 nitrogen and oxygen atoms in total. The van der Waals surface area contributed by atoms with Gasteiger partial charge in [-0.05, 0) is 121 Å². The number of rotatable bonds is 6. The molecule has 0 saturated carbocycles. The van der Waals surface area contributed by atoms with Gasteiger partial charge in [0.2, 0.25) is 11.8 Å². The quantitative estimate of drug-likeness (QED) is 0.170. The van der Waals surface area contributed by atoms with Gasteiger partial charge in [0.15, 0.2) is 11.2 Å². The van der Waals surface area contributed by atoms with Crippen LogP contribution < -0.4 is 0 Å². The molecule has 9 aromatic carbocycles. The van der Waals surface area contributed by atoms with Crippen molar-refractivity contribution in [3.8, 4) is 56.3 Å².